The Morgan fingerprint density at radius 3 is 2.74 bits per heavy atom. The van der Waals surface area contributed by atoms with Crippen molar-refractivity contribution in [2.45, 2.75) is 6.92 Å². The third-order valence-corrected chi connectivity index (χ3v) is 4.72. The number of carbonyl (C=O) groups is 1. The summed E-state index contributed by atoms with van der Waals surface area (Å²) in [6.45, 7) is 4.68. The molecule has 1 saturated heterocycles. The number of amides is 1. The van der Waals surface area contributed by atoms with Crippen molar-refractivity contribution in [2.24, 2.45) is 0 Å². The van der Waals surface area contributed by atoms with Crippen LogP contribution >= 0.6 is 0 Å². The molecule has 4 rings (SSSR count). The van der Waals surface area contributed by atoms with Crippen LogP contribution in [0.25, 0.3) is 10.9 Å². The molecule has 0 atom stereocenters. The van der Waals surface area contributed by atoms with E-state index in [-0.39, 0.29) is 11.7 Å². The first kappa shape index (κ1) is 17.4. The molecular weight excluding hydrogens is 345 g/mol. The van der Waals surface area contributed by atoms with Gasteiger partial charge in [-0.2, -0.15) is 0 Å². The Labute approximate surface area is 156 Å². The van der Waals surface area contributed by atoms with E-state index in [0.29, 0.717) is 30.0 Å². The van der Waals surface area contributed by atoms with E-state index in [1.165, 1.54) is 12.1 Å². The van der Waals surface area contributed by atoms with Crippen molar-refractivity contribution in [2.75, 3.05) is 36.5 Å². The van der Waals surface area contributed by atoms with Gasteiger partial charge in [-0.1, -0.05) is 12.1 Å². The lowest BCUT2D eigenvalue weighted by Gasteiger charge is -2.30. The smallest absolute Gasteiger partial charge is 0.257 e. The van der Waals surface area contributed by atoms with Gasteiger partial charge in [0.15, 0.2) is 0 Å². The molecule has 1 fully saturated rings. The van der Waals surface area contributed by atoms with Crippen molar-refractivity contribution in [1.29, 1.82) is 0 Å². The Morgan fingerprint density at radius 2 is 1.93 bits per heavy atom. The number of nitrogens with zero attached hydrogens (tertiary/aromatic N) is 2. The Morgan fingerprint density at radius 1 is 1.15 bits per heavy atom. The molecule has 0 spiro atoms. The molecule has 5 nitrogen and oxygen atoms in total. The van der Waals surface area contributed by atoms with E-state index < -0.39 is 0 Å². The van der Waals surface area contributed by atoms with Crippen molar-refractivity contribution in [3.63, 3.8) is 0 Å². The SMILES string of the molecule is Cc1nc2cc(F)ccc2cc1C(=O)Nc1ccccc1N1CCOCC1. The Balaban J connectivity index is 1.64. The van der Waals surface area contributed by atoms with Gasteiger partial charge in [0.25, 0.3) is 5.91 Å². The van der Waals surface area contributed by atoms with Crippen LogP contribution in [0.1, 0.15) is 16.1 Å². The number of para-hydroxylation sites is 2. The number of halogens is 1. The highest BCUT2D eigenvalue weighted by atomic mass is 19.1. The van der Waals surface area contributed by atoms with Gasteiger partial charge >= 0.3 is 0 Å². The molecule has 27 heavy (non-hydrogen) atoms. The number of nitrogens with one attached hydrogen (secondary N) is 1. The second-order valence-corrected chi connectivity index (χ2v) is 6.53. The number of aryl methyl sites for hydroxylation is 1. The summed E-state index contributed by atoms with van der Waals surface area (Å²) < 4.78 is 18.8. The summed E-state index contributed by atoms with van der Waals surface area (Å²) in [6, 6.07) is 13.9. The van der Waals surface area contributed by atoms with E-state index in [2.05, 4.69) is 15.2 Å². The summed E-state index contributed by atoms with van der Waals surface area (Å²) >= 11 is 0. The minimum atomic E-state index is -0.342. The summed E-state index contributed by atoms with van der Waals surface area (Å²) in [5.74, 6) is -0.571. The third kappa shape index (κ3) is 3.61. The minimum Gasteiger partial charge on any atom is -0.378 e. The Kier molecular flexibility index (Phi) is 4.73. The molecule has 2 aromatic carbocycles. The predicted octanol–water partition coefficient (Wildman–Crippen LogP) is 3.77. The van der Waals surface area contributed by atoms with Crippen LogP contribution in [-0.4, -0.2) is 37.2 Å². The van der Waals surface area contributed by atoms with Crippen molar-refractivity contribution in [3.05, 3.63) is 65.6 Å². The van der Waals surface area contributed by atoms with Crippen LogP contribution in [0.4, 0.5) is 15.8 Å². The molecule has 1 aliphatic rings. The van der Waals surface area contributed by atoms with E-state index in [1.807, 2.05) is 24.3 Å². The van der Waals surface area contributed by atoms with Crippen LogP contribution < -0.4 is 10.2 Å². The van der Waals surface area contributed by atoms with Crippen LogP contribution in [0.5, 0.6) is 0 Å². The van der Waals surface area contributed by atoms with Gasteiger partial charge in [-0.25, -0.2) is 4.39 Å². The van der Waals surface area contributed by atoms with Gasteiger partial charge in [-0.15, -0.1) is 0 Å². The first-order chi connectivity index (χ1) is 13.1. The standard InChI is InChI=1S/C21H20FN3O2/c1-14-17(12-15-6-7-16(22)13-19(15)23-14)21(26)24-18-4-2-3-5-20(18)25-8-10-27-11-9-25/h2-7,12-13H,8-11H2,1H3,(H,24,26). The molecule has 0 unspecified atom stereocenters. The van der Waals surface area contributed by atoms with Crippen LogP contribution in [0.2, 0.25) is 0 Å². The Bertz CT molecular complexity index is 1000. The second kappa shape index (κ2) is 7.32. The Hall–Kier alpha value is -2.99. The number of ether oxygens (including phenoxy) is 1. The van der Waals surface area contributed by atoms with Gasteiger partial charge in [0.2, 0.25) is 0 Å². The fraction of sp³-hybridized carbons (Fsp3) is 0.238. The lowest BCUT2D eigenvalue weighted by atomic mass is 10.1. The van der Waals surface area contributed by atoms with Crippen molar-refractivity contribution in [3.8, 4) is 0 Å². The average Bonchev–Trinajstić information content (AvgIpc) is 2.68. The van der Waals surface area contributed by atoms with Gasteiger partial charge in [0.05, 0.1) is 41.4 Å². The molecule has 1 aliphatic heterocycles. The zero-order chi connectivity index (χ0) is 18.8. The molecule has 6 heteroatoms. The summed E-state index contributed by atoms with van der Waals surface area (Å²) in [7, 11) is 0. The normalized spacial score (nSPS) is 14.4. The summed E-state index contributed by atoms with van der Waals surface area (Å²) in [6.07, 6.45) is 0. The lowest BCUT2D eigenvalue weighted by Crippen LogP contribution is -2.36. The quantitative estimate of drug-likeness (QED) is 0.768. The summed E-state index contributed by atoms with van der Waals surface area (Å²) in [5.41, 5.74) is 3.31. The zero-order valence-electron chi connectivity index (χ0n) is 15.0. The van der Waals surface area contributed by atoms with Crippen molar-refractivity contribution >= 4 is 28.2 Å². The third-order valence-electron chi connectivity index (χ3n) is 4.72. The monoisotopic (exact) mass is 365 g/mol. The van der Waals surface area contributed by atoms with E-state index in [9.17, 15) is 9.18 Å². The van der Waals surface area contributed by atoms with Gasteiger partial charge in [0.1, 0.15) is 5.82 Å². The fourth-order valence-corrected chi connectivity index (χ4v) is 3.32. The first-order valence-electron chi connectivity index (χ1n) is 8.92. The lowest BCUT2D eigenvalue weighted by molar-refractivity contribution is 0.102. The molecule has 0 bridgehead atoms. The molecule has 138 valence electrons. The number of rotatable bonds is 3. The number of morpholine rings is 1. The highest BCUT2D eigenvalue weighted by Gasteiger charge is 2.18. The molecule has 2 heterocycles. The molecule has 1 aromatic heterocycles. The van der Waals surface area contributed by atoms with Crippen LogP contribution in [0.15, 0.2) is 48.5 Å². The zero-order valence-corrected chi connectivity index (χ0v) is 15.0. The highest BCUT2D eigenvalue weighted by molar-refractivity contribution is 6.08. The van der Waals surface area contributed by atoms with Crippen molar-refractivity contribution < 1.29 is 13.9 Å². The minimum absolute atomic E-state index is 0.230. The first-order valence-corrected chi connectivity index (χ1v) is 8.92. The number of hydrogen-bond acceptors (Lipinski definition) is 4. The van der Waals surface area contributed by atoms with Crippen LogP contribution in [0, 0.1) is 12.7 Å². The number of fused-ring (bicyclic) bond motifs is 1. The average molecular weight is 365 g/mol. The van der Waals surface area contributed by atoms with Crippen LogP contribution in [0.3, 0.4) is 0 Å². The van der Waals surface area contributed by atoms with Gasteiger partial charge in [-0.05, 0) is 37.3 Å². The number of pyridine rings is 1. The molecule has 1 N–H and O–H groups in total. The maximum Gasteiger partial charge on any atom is 0.257 e. The molecular formula is C21H20FN3O2. The van der Waals surface area contributed by atoms with E-state index >= 15 is 0 Å². The molecule has 0 radical (unpaired) electrons. The largest absolute Gasteiger partial charge is 0.378 e. The topological polar surface area (TPSA) is 54.5 Å². The van der Waals surface area contributed by atoms with E-state index in [0.717, 1.165) is 29.9 Å². The van der Waals surface area contributed by atoms with Crippen molar-refractivity contribution in [1.82, 2.24) is 4.98 Å². The molecule has 0 aliphatic carbocycles. The fourth-order valence-electron chi connectivity index (χ4n) is 3.32. The number of hydrogen-bond donors (Lipinski definition) is 1. The highest BCUT2D eigenvalue weighted by Crippen LogP contribution is 2.27. The summed E-state index contributed by atoms with van der Waals surface area (Å²) in [4.78, 5) is 19.5. The van der Waals surface area contributed by atoms with Gasteiger partial charge < -0.3 is 15.0 Å². The number of carbonyl (C=O) groups excluding carboxylic acids is 1. The maximum absolute atomic E-state index is 13.4. The number of benzene rings is 2. The maximum atomic E-state index is 13.4. The molecule has 0 saturated carbocycles. The van der Waals surface area contributed by atoms with Gasteiger partial charge in [-0.3, -0.25) is 9.78 Å². The molecule has 3 aromatic rings. The van der Waals surface area contributed by atoms with Gasteiger partial charge in [0, 0.05) is 24.5 Å². The van der Waals surface area contributed by atoms with E-state index in [4.69, 9.17) is 4.74 Å². The number of anilines is 2. The number of aromatic nitrogens is 1. The second-order valence-electron chi connectivity index (χ2n) is 6.53. The van der Waals surface area contributed by atoms with E-state index in [1.54, 1.807) is 19.1 Å². The van der Waals surface area contributed by atoms with Crippen LogP contribution in [-0.2, 0) is 4.74 Å². The summed E-state index contributed by atoms with van der Waals surface area (Å²) in [5, 5.41) is 3.74. The predicted molar refractivity (Wildman–Crippen MR) is 104 cm³/mol. The molecule has 1 amide bonds.